The Morgan fingerprint density at radius 1 is 1.42 bits per heavy atom. The van der Waals surface area contributed by atoms with Crippen LogP contribution in [0.15, 0.2) is 18.3 Å². The summed E-state index contributed by atoms with van der Waals surface area (Å²) in [5.41, 5.74) is -0.0726. The summed E-state index contributed by atoms with van der Waals surface area (Å²) < 4.78 is 13.2. The Kier molecular flexibility index (Phi) is 6.28. The second kappa shape index (κ2) is 8.25. The van der Waals surface area contributed by atoms with Crippen LogP contribution >= 0.6 is 0 Å². The summed E-state index contributed by atoms with van der Waals surface area (Å²) in [6, 6.07) is 0. The lowest BCUT2D eigenvalue weighted by Gasteiger charge is -2.22. The number of ether oxygens (including phenoxy) is 2. The molecule has 1 saturated heterocycles. The molecule has 1 aromatic rings. The zero-order valence-electron chi connectivity index (χ0n) is 15.8. The van der Waals surface area contributed by atoms with E-state index in [9.17, 15) is 9.59 Å². The molecule has 1 atom stereocenters. The van der Waals surface area contributed by atoms with E-state index in [1.54, 1.807) is 33.2 Å². The summed E-state index contributed by atoms with van der Waals surface area (Å²) in [7, 11) is 0. The molecule has 1 N–H and O–H groups in total. The first-order chi connectivity index (χ1) is 12.2. The minimum absolute atomic E-state index is 0.0407. The Labute approximate surface area is 153 Å². The van der Waals surface area contributed by atoms with Crippen molar-refractivity contribution in [3.8, 4) is 0 Å². The number of carbonyl (C=O) groups excluding carboxylic acids is 1. The van der Waals surface area contributed by atoms with Gasteiger partial charge in [-0.3, -0.25) is 0 Å². The van der Waals surface area contributed by atoms with Gasteiger partial charge in [0, 0.05) is 31.8 Å². The van der Waals surface area contributed by atoms with Crippen LogP contribution < -0.4 is 0 Å². The van der Waals surface area contributed by atoms with Gasteiger partial charge in [-0.15, -0.1) is 0 Å². The molecule has 0 aromatic carbocycles. The number of rotatable bonds is 6. The van der Waals surface area contributed by atoms with E-state index in [4.69, 9.17) is 14.6 Å². The highest BCUT2D eigenvalue weighted by atomic mass is 16.6. The van der Waals surface area contributed by atoms with Gasteiger partial charge >= 0.3 is 12.1 Å². The first kappa shape index (κ1) is 19.8. The molecule has 0 bridgehead atoms. The smallest absolute Gasteiger partial charge is 0.407 e. The Hall–Kier alpha value is -2.51. The minimum atomic E-state index is -0.989. The fourth-order valence-corrected chi connectivity index (χ4v) is 2.61. The molecular formula is C18H27N3O5. The number of carboxylic acid groups (broad SMARTS) is 1. The van der Waals surface area contributed by atoms with Crippen LogP contribution in [-0.2, 0) is 20.8 Å². The summed E-state index contributed by atoms with van der Waals surface area (Å²) in [5.74, 6) is -0.546. The fourth-order valence-electron chi connectivity index (χ4n) is 2.61. The van der Waals surface area contributed by atoms with Crippen LogP contribution in [0, 0.1) is 0 Å². The maximum Gasteiger partial charge on any atom is 0.407 e. The molecule has 1 aliphatic rings. The van der Waals surface area contributed by atoms with Gasteiger partial charge < -0.3 is 24.0 Å². The number of aromatic nitrogens is 2. The lowest BCUT2D eigenvalue weighted by Crippen LogP contribution is -2.30. The van der Waals surface area contributed by atoms with E-state index in [1.807, 2.05) is 10.8 Å². The molecule has 1 aromatic heterocycles. The number of hydrogen-bond acceptors (Lipinski definition) is 5. The molecule has 144 valence electrons. The third kappa shape index (κ3) is 5.79. The van der Waals surface area contributed by atoms with Crippen LogP contribution in [0.5, 0.6) is 0 Å². The molecule has 2 heterocycles. The van der Waals surface area contributed by atoms with Gasteiger partial charge in [-0.2, -0.15) is 0 Å². The van der Waals surface area contributed by atoms with Crippen LogP contribution in [0.2, 0.25) is 0 Å². The third-order valence-corrected chi connectivity index (χ3v) is 3.72. The number of hydrogen-bond donors (Lipinski definition) is 1. The fraction of sp³-hybridized carbons (Fsp3) is 0.611. The van der Waals surface area contributed by atoms with Gasteiger partial charge in [-0.25, -0.2) is 14.6 Å². The molecule has 26 heavy (non-hydrogen) atoms. The molecule has 1 fully saturated rings. The molecule has 0 spiro atoms. The number of amides is 1. The Morgan fingerprint density at radius 2 is 2.15 bits per heavy atom. The van der Waals surface area contributed by atoms with Crippen molar-refractivity contribution in [2.24, 2.45) is 0 Å². The normalized spacial score (nSPS) is 18.1. The molecule has 0 radical (unpaired) electrons. The van der Waals surface area contributed by atoms with Gasteiger partial charge in [0.1, 0.15) is 11.7 Å². The van der Waals surface area contributed by atoms with Crippen molar-refractivity contribution >= 4 is 18.1 Å². The lowest BCUT2D eigenvalue weighted by molar-refractivity contribution is -0.154. The van der Waals surface area contributed by atoms with E-state index in [1.165, 1.54) is 4.90 Å². The predicted octanol–water partition coefficient (Wildman–Crippen LogP) is 2.74. The zero-order chi connectivity index (χ0) is 19.3. The van der Waals surface area contributed by atoms with Crippen molar-refractivity contribution in [2.75, 3.05) is 13.1 Å². The number of esters is 1. The average Bonchev–Trinajstić information content (AvgIpc) is 3.15. The van der Waals surface area contributed by atoms with Crippen molar-refractivity contribution in [3.05, 3.63) is 24.0 Å². The Morgan fingerprint density at radius 3 is 2.73 bits per heavy atom. The largest absolute Gasteiger partial charge is 0.481 e. The van der Waals surface area contributed by atoms with Crippen molar-refractivity contribution in [2.45, 2.75) is 58.8 Å². The topological polar surface area (TPSA) is 93.9 Å². The molecule has 2 rings (SSSR count). The van der Waals surface area contributed by atoms with E-state index in [2.05, 4.69) is 11.9 Å². The highest BCUT2D eigenvalue weighted by Crippen LogP contribution is 2.20. The molecule has 0 unspecified atom stereocenters. The third-order valence-electron chi connectivity index (χ3n) is 3.72. The van der Waals surface area contributed by atoms with Crippen molar-refractivity contribution < 1.29 is 24.2 Å². The summed E-state index contributed by atoms with van der Waals surface area (Å²) in [5, 5.41) is 9.07. The van der Waals surface area contributed by atoms with E-state index in [-0.39, 0.29) is 18.4 Å². The van der Waals surface area contributed by atoms with E-state index in [0.29, 0.717) is 18.7 Å². The van der Waals surface area contributed by atoms with Crippen molar-refractivity contribution in [1.29, 1.82) is 0 Å². The molecular weight excluding hydrogens is 338 g/mol. The lowest BCUT2D eigenvalue weighted by atomic mass is 10.2. The number of likely N-dealkylation sites (tertiary alicyclic amines) is 1. The monoisotopic (exact) mass is 365 g/mol. The molecule has 1 aliphatic heterocycles. The SMILES string of the molecule is CCCn1cnc(/C=C(/O[C@H]2CCN(C(=O)O)C2)C(=O)OC(C)(C)C)c1. The van der Waals surface area contributed by atoms with Gasteiger partial charge in [0.05, 0.1) is 18.6 Å². The highest BCUT2D eigenvalue weighted by molar-refractivity contribution is 5.91. The van der Waals surface area contributed by atoms with Crippen molar-refractivity contribution in [1.82, 2.24) is 14.5 Å². The quantitative estimate of drug-likeness (QED) is 0.473. The Balaban J connectivity index is 2.17. The van der Waals surface area contributed by atoms with Gasteiger partial charge in [0.25, 0.3) is 0 Å². The molecule has 8 nitrogen and oxygen atoms in total. The molecule has 8 heteroatoms. The van der Waals surface area contributed by atoms with E-state index < -0.39 is 17.7 Å². The van der Waals surface area contributed by atoms with Crippen LogP contribution in [0.4, 0.5) is 4.79 Å². The highest BCUT2D eigenvalue weighted by Gasteiger charge is 2.30. The van der Waals surface area contributed by atoms with Gasteiger partial charge in [-0.1, -0.05) is 6.92 Å². The summed E-state index contributed by atoms with van der Waals surface area (Å²) in [6.45, 7) is 8.84. The first-order valence-electron chi connectivity index (χ1n) is 8.79. The average molecular weight is 365 g/mol. The number of carbonyl (C=O) groups is 2. The summed E-state index contributed by atoms with van der Waals surface area (Å²) in [6.07, 6.45) is 5.20. The second-order valence-electron chi connectivity index (χ2n) is 7.30. The van der Waals surface area contributed by atoms with Gasteiger partial charge in [0.15, 0.2) is 0 Å². The zero-order valence-corrected chi connectivity index (χ0v) is 15.8. The van der Waals surface area contributed by atoms with E-state index in [0.717, 1.165) is 13.0 Å². The summed E-state index contributed by atoms with van der Waals surface area (Å²) in [4.78, 5) is 29.1. The van der Waals surface area contributed by atoms with Crippen molar-refractivity contribution in [3.63, 3.8) is 0 Å². The second-order valence-corrected chi connectivity index (χ2v) is 7.30. The molecule has 0 saturated carbocycles. The minimum Gasteiger partial charge on any atom is -0.481 e. The summed E-state index contributed by atoms with van der Waals surface area (Å²) >= 11 is 0. The molecule has 0 aliphatic carbocycles. The maximum atomic E-state index is 12.5. The predicted molar refractivity (Wildman–Crippen MR) is 95.4 cm³/mol. The number of aryl methyl sites for hydroxylation is 1. The van der Waals surface area contributed by atoms with Crippen LogP contribution in [-0.4, -0.2) is 56.4 Å². The standard InChI is InChI=1S/C18H27N3O5/c1-5-7-20-10-13(19-12-20)9-15(16(22)26-18(2,3)4)25-14-6-8-21(11-14)17(23)24/h9-10,12,14H,5-8,11H2,1-4H3,(H,23,24)/b15-9+/t14-/m0/s1. The number of imidazole rings is 1. The van der Waals surface area contributed by atoms with Gasteiger partial charge in [0.2, 0.25) is 5.76 Å². The Bertz CT molecular complexity index is 675. The number of nitrogens with zero attached hydrogens (tertiary/aromatic N) is 3. The van der Waals surface area contributed by atoms with Crippen LogP contribution in [0.3, 0.4) is 0 Å². The van der Waals surface area contributed by atoms with Crippen LogP contribution in [0.1, 0.15) is 46.2 Å². The first-order valence-corrected chi connectivity index (χ1v) is 8.79. The van der Waals surface area contributed by atoms with E-state index >= 15 is 0 Å². The van der Waals surface area contributed by atoms with Gasteiger partial charge in [-0.05, 0) is 27.2 Å². The molecule has 1 amide bonds. The maximum absolute atomic E-state index is 12.5. The van der Waals surface area contributed by atoms with Crippen LogP contribution in [0.25, 0.3) is 6.08 Å².